The van der Waals surface area contributed by atoms with Crippen molar-refractivity contribution in [3.05, 3.63) is 74.7 Å². The normalized spacial score (nSPS) is 11.4. The van der Waals surface area contributed by atoms with Gasteiger partial charge in [0.15, 0.2) is 5.13 Å². The monoisotopic (exact) mass is 455 g/mol. The van der Waals surface area contributed by atoms with E-state index in [1.54, 1.807) is 18.3 Å². The first-order chi connectivity index (χ1) is 13.3. The first kappa shape index (κ1) is 20.8. The molecule has 0 unspecified atom stereocenters. The maximum atomic E-state index is 12.4. The number of sulfonamides is 1. The summed E-state index contributed by atoms with van der Waals surface area (Å²) in [6.07, 6.45) is 2.24. The van der Waals surface area contributed by atoms with E-state index in [1.807, 2.05) is 6.07 Å². The molecule has 0 aliphatic heterocycles. The molecule has 0 saturated heterocycles. The number of hydrogen-bond acceptors (Lipinski definition) is 5. The molecular weight excluding hydrogens is 441 g/mol. The molecular formula is C18H15Cl2N3O3S2. The van der Waals surface area contributed by atoms with Gasteiger partial charge in [-0.05, 0) is 49.0 Å². The number of carbonyl (C=O) groups excluding carboxylic acids is 1. The number of anilines is 1. The number of nitrogens with one attached hydrogen (secondary N) is 2. The van der Waals surface area contributed by atoms with Crippen molar-refractivity contribution in [2.45, 2.75) is 11.3 Å². The van der Waals surface area contributed by atoms with Gasteiger partial charge < -0.3 is 0 Å². The summed E-state index contributed by atoms with van der Waals surface area (Å²) in [7, 11) is -2.22. The molecule has 0 spiro atoms. The Bertz CT molecular complexity index is 1110. The number of thiazole rings is 1. The zero-order valence-corrected chi connectivity index (χ0v) is 17.7. The molecule has 0 saturated carbocycles. The van der Waals surface area contributed by atoms with E-state index in [0.717, 1.165) is 10.4 Å². The average Bonchev–Trinajstić information content (AvgIpc) is 3.11. The zero-order chi connectivity index (χ0) is 20.3. The summed E-state index contributed by atoms with van der Waals surface area (Å²) in [5.74, 6) is -0.376. The van der Waals surface area contributed by atoms with Crippen LogP contribution >= 0.6 is 34.5 Å². The lowest BCUT2D eigenvalue weighted by Gasteiger charge is -2.05. The van der Waals surface area contributed by atoms with Crippen molar-refractivity contribution in [3.8, 4) is 0 Å². The molecule has 3 aromatic rings. The Morgan fingerprint density at radius 3 is 2.50 bits per heavy atom. The van der Waals surface area contributed by atoms with Gasteiger partial charge in [0.25, 0.3) is 5.91 Å². The molecule has 2 aromatic carbocycles. The number of nitrogens with zero attached hydrogens (tertiary/aromatic N) is 1. The quantitative estimate of drug-likeness (QED) is 0.582. The number of carbonyl (C=O) groups is 1. The second kappa shape index (κ2) is 8.59. The zero-order valence-electron chi connectivity index (χ0n) is 14.6. The van der Waals surface area contributed by atoms with Crippen LogP contribution in [-0.2, 0) is 16.4 Å². The maximum absolute atomic E-state index is 12.4. The molecule has 1 aromatic heterocycles. The summed E-state index contributed by atoms with van der Waals surface area (Å²) < 4.78 is 25.7. The van der Waals surface area contributed by atoms with Gasteiger partial charge in [-0.3, -0.25) is 10.1 Å². The van der Waals surface area contributed by atoms with Crippen molar-refractivity contribution in [1.82, 2.24) is 9.71 Å². The molecule has 1 amide bonds. The van der Waals surface area contributed by atoms with Gasteiger partial charge in [0.05, 0.1) is 4.90 Å². The van der Waals surface area contributed by atoms with Gasteiger partial charge in [-0.1, -0.05) is 29.3 Å². The Balaban J connectivity index is 1.68. The number of hydrogen-bond donors (Lipinski definition) is 2. The van der Waals surface area contributed by atoms with Crippen LogP contribution in [0, 0.1) is 0 Å². The van der Waals surface area contributed by atoms with Gasteiger partial charge in [-0.25, -0.2) is 18.1 Å². The highest BCUT2D eigenvalue weighted by molar-refractivity contribution is 7.89. The summed E-state index contributed by atoms with van der Waals surface area (Å²) in [4.78, 5) is 17.6. The fraction of sp³-hybridized carbons (Fsp3) is 0.111. The minimum atomic E-state index is -3.54. The highest BCUT2D eigenvalue weighted by atomic mass is 35.5. The van der Waals surface area contributed by atoms with Gasteiger partial charge in [-0.15, -0.1) is 11.3 Å². The third-order valence-corrected chi connectivity index (χ3v) is 6.78. The summed E-state index contributed by atoms with van der Waals surface area (Å²) in [6, 6.07) is 10.9. The van der Waals surface area contributed by atoms with Crippen LogP contribution in [0.3, 0.4) is 0 Å². The number of rotatable bonds is 6. The highest BCUT2D eigenvalue weighted by Gasteiger charge is 2.14. The smallest absolute Gasteiger partial charge is 0.257 e. The molecule has 146 valence electrons. The molecule has 0 aliphatic rings. The van der Waals surface area contributed by atoms with Crippen LogP contribution in [0.25, 0.3) is 0 Å². The van der Waals surface area contributed by atoms with Crippen LogP contribution < -0.4 is 10.0 Å². The summed E-state index contributed by atoms with van der Waals surface area (Å²) in [6.45, 7) is 0. The van der Waals surface area contributed by atoms with Gasteiger partial charge >= 0.3 is 0 Å². The number of benzene rings is 2. The van der Waals surface area contributed by atoms with Crippen molar-refractivity contribution in [1.29, 1.82) is 0 Å². The Kier molecular flexibility index (Phi) is 6.36. The van der Waals surface area contributed by atoms with E-state index in [4.69, 9.17) is 23.2 Å². The third-order valence-electron chi connectivity index (χ3n) is 3.85. The average molecular weight is 456 g/mol. The molecule has 1 heterocycles. The molecule has 0 atom stereocenters. The van der Waals surface area contributed by atoms with Crippen LogP contribution in [0.5, 0.6) is 0 Å². The lowest BCUT2D eigenvalue weighted by atomic mass is 10.1. The molecule has 28 heavy (non-hydrogen) atoms. The fourth-order valence-electron chi connectivity index (χ4n) is 2.37. The Labute approximate surface area is 176 Å². The molecule has 6 nitrogen and oxygen atoms in total. The molecule has 0 radical (unpaired) electrons. The van der Waals surface area contributed by atoms with Gasteiger partial charge in [0.1, 0.15) is 0 Å². The predicted molar refractivity (Wildman–Crippen MR) is 112 cm³/mol. The summed E-state index contributed by atoms with van der Waals surface area (Å²) in [5, 5.41) is 4.29. The lowest BCUT2D eigenvalue weighted by molar-refractivity contribution is 0.102. The third kappa shape index (κ3) is 4.89. The van der Waals surface area contributed by atoms with E-state index in [2.05, 4.69) is 15.0 Å². The predicted octanol–water partition coefficient (Wildman–Crippen LogP) is 4.20. The number of halogens is 2. The van der Waals surface area contributed by atoms with Crippen LogP contribution in [0.1, 0.15) is 20.8 Å². The number of amides is 1. The summed E-state index contributed by atoms with van der Waals surface area (Å²) in [5.41, 5.74) is 1.24. The standard InChI is InChI=1S/C18H15Cl2N3O3S2/c1-21-28(25,26)15-6-3-11(4-7-15)17(24)23-18-22-10-14(27-18)8-12-2-5-13(19)9-16(12)20/h2-7,9-10,21H,8H2,1H3,(H,22,23,24). The van der Waals surface area contributed by atoms with Crippen molar-refractivity contribution >= 4 is 55.6 Å². The minimum Gasteiger partial charge on any atom is -0.298 e. The van der Waals surface area contributed by atoms with Crippen molar-refractivity contribution in [3.63, 3.8) is 0 Å². The van der Waals surface area contributed by atoms with Gasteiger partial charge in [0, 0.05) is 33.1 Å². The first-order valence-electron chi connectivity index (χ1n) is 8.02. The van der Waals surface area contributed by atoms with E-state index in [9.17, 15) is 13.2 Å². The molecule has 2 N–H and O–H groups in total. The minimum absolute atomic E-state index is 0.0860. The van der Waals surface area contributed by atoms with Crippen LogP contribution in [0.4, 0.5) is 5.13 Å². The summed E-state index contributed by atoms with van der Waals surface area (Å²) >= 11 is 13.4. The molecule has 10 heteroatoms. The topological polar surface area (TPSA) is 88.2 Å². The van der Waals surface area contributed by atoms with Crippen LogP contribution in [0.2, 0.25) is 10.0 Å². The van der Waals surface area contributed by atoms with Crippen LogP contribution in [-0.4, -0.2) is 26.4 Å². The SMILES string of the molecule is CNS(=O)(=O)c1ccc(C(=O)Nc2ncc(Cc3ccc(Cl)cc3Cl)s2)cc1. The number of aromatic nitrogens is 1. The molecule has 0 fully saturated rings. The van der Waals surface area contributed by atoms with E-state index < -0.39 is 10.0 Å². The van der Waals surface area contributed by atoms with Gasteiger partial charge in [0.2, 0.25) is 10.0 Å². The molecule has 0 bridgehead atoms. The fourth-order valence-corrected chi connectivity index (χ4v) is 4.41. The van der Waals surface area contributed by atoms with Crippen LogP contribution in [0.15, 0.2) is 53.6 Å². The Morgan fingerprint density at radius 1 is 1.14 bits per heavy atom. The molecule has 3 rings (SSSR count). The lowest BCUT2D eigenvalue weighted by Crippen LogP contribution is -2.19. The van der Waals surface area contributed by atoms with E-state index in [1.165, 1.54) is 42.6 Å². The molecule has 0 aliphatic carbocycles. The largest absolute Gasteiger partial charge is 0.298 e. The van der Waals surface area contributed by atoms with E-state index in [0.29, 0.717) is 27.2 Å². The van der Waals surface area contributed by atoms with Crippen molar-refractivity contribution in [2.24, 2.45) is 0 Å². The van der Waals surface area contributed by atoms with E-state index >= 15 is 0 Å². The maximum Gasteiger partial charge on any atom is 0.257 e. The Morgan fingerprint density at radius 2 is 1.86 bits per heavy atom. The second-order valence-electron chi connectivity index (χ2n) is 5.73. The van der Waals surface area contributed by atoms with Gasteiger partial charge in [-0.2, -0.15) is 0 Å². The van der Waals surface area contributed by atoms with Crippen molar-refractivity contribution < 1.29 is 13.2 Å². The second-order valence-corrected chi connectivity index (χ2v) is 9.58. The Hall–Kier alpha value is -1.97. The first-order valence-corrected chi connectivity index (χ1v) is 11.1. The van der Waals surface area contributed by atoms with E-state index in [-0.39, 0.29) is 10.8 Å². The van der Waals surface area contributed by atoms with Crippen molar-refractivity contribution in [2.75, 3.05) is 12.4 Å². The highest BCUT2D eigenvalue weighted by Crippen LogP contribution is 2.27.